The molecular weight excluding hydrogens is 532 g/mol. The summed E-state index contributed by atoms with van der Waals surface area (Å²) in [6.07, 6.45) is -0.227. The predicted octanol–water partition coefficient (Wildman–Crippen LogP) is 4.81. The Kier molecular flexibility index (Phi) is 9.31. The number of rotatable bonds is 9. The second kappa shape index (κ2) is 13.5. The summed E-state index contributed by atoms with van der Waals surface area (Å²) in [7, 11) is 0. The van der Waals surface area contributed by atoms with Crippen LogP contribution >= 0.6 is 0 Å². The number of amides is 3. The Balaban J connectivity index is 1.25. The van der Waals surface area contributed by atoms with E-state index in [0.29, 0.717) is 38.8 Å². The lowest BCUT2D eigenvalue weighted by molar-refractivity contribution is -0.154. The lowest BCUT2D eigenvalue weighted by Gasteiger charge is -2.33. The highest BCUT2D eigenvalue weighted by Crippen LogP contribution is 2.29. The Morgan fingerprint density at radius 2 is 1.38 bits per heavy atom. The van der Waals surface area contributed by atoms with E-state index in [4.69, 9.17) is 9.47 Å². The highest BCUT2D eigenvalue weighted by Gasteiger charge is 2.51. The van der Waals surface area contributed by atoms with Gasteiger partial charge in [-0.2, -0.15) is 0 Å². The first-order valence-electron chi connectivity index (χ1n) is 14.5. The minimum atomic E-state index is -1.12. The van der Waals surface area contributed by atoms with Gasteiger partial charge in [0.15, 0.2) is 0 Å². The van der Waals surface area contributed by atoms with Gasteiger partial charge in [-0.15, -0.1) is 0 Å². The van der Waals surface area contributed by atoms with E-state index in [9.17, 15) is 19.2 Å². The van der Waals surface area contributed by atoms with Gasteiger partial charge >= 0.3 is 12.1 Å². The Morgan fingerprint density at radius 1 is 0.833 bits per heavy atom. The number of imide groups is 1. The maximum Gasteiger partial charge on any atom is 0.417 e. The minimum absolute atomic E-state index is 0.213. The summed E-state index contributed by atoms with van der Waals surface area (Å²) >= 11 is 0. The summed E-state index contributed by atoms with van der Waals surface area (Å²) in [6.45, 7) is 2.69. The van der Waals surface area contributed by atoms with Crippen molar-refractivity contribution < 1.29 is 28.7 Å². The molecule has 0 bridgehead atoms. The van der Waals surface area contributed by atoms with E-state index in [1.807, 2.05) is 91.0 Å². The molecule has 0 unspecified atom stereocenters. The third kappa shape index (κ3) is 6.87. The quantitative estimate of drug-likeness (QED) is 0.344. The number of piperidine rings is 1. The van der Waals surface area contributed by atoms with Crippen molar-refractivity contribution in [3.8, 4) is 0 Å². The summed E-state index contributed by atoms with van der Waals surface area (Å²) in [5, 5.41) is 0. The molecule has 8 heteroatoms. The van der Waals surface area contributed by atoms with Crippen LogP contribution in [-0.4, -0.2) is 58.9 Å². The fraction of sp³-hybridized carbons (Fsp3) is 0.353. The topological polar surface area (TPSA) is 93.2 Å². The molecule has 2 aliphatic rings. The largest absolute Gasteiger partial charge is 0.461 e. The van der Waals surface area contributed by atoms with Crippen molar-refractivity contribution in [3.63, 3.8) is 0 Å². The molecule has 8 nitrogen and oxygen atoms in total. The van der Waals surface area contributed by atoms with Gasteiger partial charge in [-0.1, -0.05) is 97.9 Å². The third-order valence-corrected chi connectivity index (χ3v) is 8.04. The number of carbonyl (C=O) groups excluding carboxylic acids is 4. The average molecular weight is 569 g/mol. The average Bonchev–Trinajstić information content (AvgIpc) is 3.35. The minimum Gasteiger partial charge on any atom is -0.461 e. The number of ether oxygens (including phenoxy) is 2. The molecule has 5 rings (SSSR count). The Hall–Kier alpha value is -4.46. The number of nitrogens with zero attached hydrogens (tertiary/aromatic N) is 2. The molecule has 0 spiro atoms. The summed E-state index contributed by atoms with van der Waals surface area (Å²) in [4.78, 5) is 56.0. The first-order chi connectivity index (χ1) is 20.4. The van der Waals surface area contributed by atoms with Crippen molar-refractivity contribution in [2.45, 2.75) is 51.4 Å². The lowest BCUT2D eigenvalue weighted by atomic mass is 9.94. The van der Waals surface area contributed by atoms with Gasteiger partial charge < -0.3 is 14.4 Å². The molecule has 0 aromatic heterocycles. The SMILES string of the molecule is C[C@@H](Cc1ccccc1)C(=O)N1C(=O)O[C@@H](C(=O)N2CCC(C(=O)OCc3ccccc3)CC2)[C@@H]1Cc1ccccc1. The normalized spacial score (nSPS) is 19.7. The molecule has 42 heavy (non-hydrogen) atoms. The van der Waals surface area contributed by atoms with Crippen LogP contribution < -0.4 is 0 Å². The number of carbonyl (C=O) groups is 4. The van der Waals surface area contributed by atoms with Gasteiger partial charge in [0.05, 0.1) is 12.0 Å². The molecule has 3 aromatic rings. The van der Waals surface area contributed by atoms with E-state index >= 15 is 0 Å². The van der Waals surface area contributed by atoms with Crippen molar-refractivity contribution in [2.75, 3.05) is 13.1 Å². The first-order valence-corrected chi connectivity index (χ1v) is 14.5. The van der Waals surface area contributed by atoms with Crippen LogP contribution in [0.2, 0.25) is 0 Å². The van der Waals surface area contributed by atoms with Gasteiger partial charge in [0.25, 0.3) is 5.91 Å². The van der Waals surface area contributed by atoms with Crippen LogP contribution in [0.1, 0.15) is 36.5 Å². The van der Waals surface area contributed by atoms with Crippen LogP contribution in [0.5, 0.6) is 0 Å². The van der Waals surface area contributed by atoms with Gasteiger partial charge in [0.1, 0.15) is 6.61 Å². The van der Waals surface area contributed by atoms with E-state index in [-0.39, 0.29) is 30.3 Å². The molecule has 3 atom stereocenters. The Bertz CT molecular complexity index is 1370. The molecule has 0 saturated carbocycles. The summed E-state index contributed by atoms with van der Waals surface area (Å²) in [5.74, 6) is -1.76. The predicted molar refractivity (Wildman–Crippen MR) is 156 cm³/mol. The molecular formula is C34H36N2O6. The van der Waals surface area contributed by atoms with E-state index in [1.54, 1.807) is 11.8 Å². The Morgan fingerprint density at radius 3 is 1.98 bits per heavy atom. The maximum absolute atomic E-state index is 13.8. The van der Waals surface area contributed by atoms with Crippen LogP contribution in [0.15, 0.2) is 91.0 Å². The highest BCUT2D eigenvalue weighted by atomic mass is 16.6. The summed E-state index contributed by atoms with van der Waals surface area (Å²) in [6, 6.07) is 27.8. The number of cyclic esters (lactones) is 1. The fourth-order valence-corrected chi connectivity index (χ4v) is 5.69. The molecule has 3 aromatic carbocycles. The third-order valence-electron chi connectivity index (χ3n) is 8.04. The lowest BCUT2D eigenvalue weighted by Crippen LogP contribution is -2.51. The molecule has 2 fully saturated rings. The Labute approximate surface area is 246 Å². The van der Waals surface area contributed by atoms with Crippen molar-refractivity contribution in [2.24, 2.45) is 11.8 Å². The van der Waals surface area contributed by atoms with Crippen LogP contribution in [0.25, 0.3) is 0 Å². The molecule has 2 heterocycles. The molecule has 2 aliphatic heterocycles. The molecule has 2 saturated heterocycles. The standard InChI is InChI=1S/C34H36N2O6/c1-24(21-25-11-5-2-6-12-25)31(37)36-29(22-26-13-7-3-8-14-26)30(42-34(36)40)32(38)35-19-17-28(18-20-35)33(39)41-23-27-15-9-4-10-16-27/h2-16,24,28-30H,17-23H2,1H3/t24-,29-,30+/m0/s1. The molecule has 0 radical (unpaired) electrons. The number of benzene rings is 3. The van der Waals surface area contributed by atoms with Crippen LogP contribution in [0, 0.1) is 11.8 Å². The van der Waals surface area contributed by atoms with E-state index in [2.05, 4.69) is 0 Å². The van der Waals surface area contributed by atoms with Crippen molar-refractivity contribution >= 4 is 23.9 Å². The zero-order valence-corrected chi connectivity index (χ0v) is 23.8. The van der Waals surface area contributed by atoms with E-state index in [1.165, 1.54) is 0 Å². The zero-order valence-electron chi connectivity index (χ0n) is 23.8. The fourth-order valence-electron chi connectivity index (χ4n) is 5.69. The van der Waals surface area contributed by atoms with Crippen LogP contribution in [0.4, 0.5) is 4.79 Å². The van der Waals surface area contributed by atoms with Crippen molar-refractivity contribution in [1.29, 1.82) is 0 Å². The highest BCUT2D eigenvalue weighted by molar-refractivity contribution is 5.98. The van der Waals surface area contributed by atoms with Crippen molar-refractivity contribution in [1.82, 2.24) is 9.80 Å². The molecule has 3 amide bonds. The monoisotopic (exact) mass is 568 g/mol. The number of likely N-dealkylation sites (tertiary alicyclic amines) is 1. The summed E-state index contributed by atoms with van der Waals surface area (Å²) in [5.41, 5.74) is 2.80. The van der Waals surface area contributed by atoms with Crippen LogP contribution in [-0.2, 0) is 43.3 Å². The summed E-state index contributed by atoms with van der Waals surface area (Å²) < 4.78 is 11.2. The van der Waals surface area contributed by atoms with E-state index in [0.717, 1.165) is 21.6 Å². The molecule has 0 aliphatic carbocycles. The van der Waals surface area contributed by atoms with Gasteiger partial charge in [0, 0.05) is 19.0 Å². The van der Waals surface area contributed by atoms with E-state index < -0.39 is 24.2 Å². The molecule has 0 N–H and O–H groups in total. The number of esters is 1. The number of hydrogen-bond acceptors (Lipinski definition) is 6. The number of hydrogen-bond donors (Lipinski definition) is 0. The smallest absolute Gasteiger partial charge is 0.417 e. The van der Waals surface area contributed by atoms with Crippen molar-refractivity contribution in [3.05, 3.63) is 108 Å². The van der Waals surface area contributed by atoms with Gasteiger partial charge in [0.2, 0.25) is 12.0 Å². The zero-order chi connectivity index (χ0) is 29.5. The second-order valence-electron chi connectivity index (χ2n) is 11.1. The van der Waals surface area contributed by atoms with Gasteiger partial charge in [-0.3, -0.25) is 14.4 Å². The van der Waals surface area contributed by atoms with Crippen LogP contribution in [0.3, 0.4) is 0 Å². The van der Waals surface area contributed by atoms with Gasteiger partial charge in [-0.25, -0.2) is 9.69 Å². The maximum atomic E-state index is 13.8. The second-order valence-corrected chi connectivity index (χ2v) is 11.1. The first kappa shape index (κ1) is 29.0. The van der Waals surface area contributed by atoms with Gasteiger partial charge in [-0.05, 0) is 42.4 Å². The molecule has 218 valence electrons.